The molecule has 0 aliphatic heterocycles. The third-order valence-electron chi connectivity index (χ3n) is 4.13. The van der Waals surface area contributed by atoms with E-state index in [9.17, 15) is 19.4 Å². The Balaban J connectivity index is 0.00000320. The first kappa shape index (κ1) is 24.4. The Morgan fingerprint density at radius 3 is 2.00 bits per heavy atom. The Hall–Kier alpha value is -1.92. The molecule has 3 aromatic rings. The van der Waals surface area contributed by atoms with Gasteiger partial charge in [0.2, 0.25) is 0 Å². The van der Waals surface area contributed by atoms with Gasteiger partial charge in [-0.05, 0) is 66.9 Å². The summed E-state index contributed by atoms with van der Waals surface area (Å²) in [6, 6.07) is 19.1. The van der Waals surface area contributed by atoms with E-state index in [2.05, 4.69) is 0 Å². The number of phosphoric acid groups is 1. The quantitative estimate of drug-likeness (QED) is 0.341. The van der Waals surface area contributed by atoms with Gasteiger partial charge in [0.15, 0.2) is 5.78 Å². The van der Waals surface area contributed by atoms with Gasteiger partial charge in [-0.2, -0.15) is 0 Å². The Morgan fingerprint density at radius 2 is 1.43 bits per heavy atom. The average molecular weight is 434 g/mol. The predicted octanol–water partition coefficient (Wildman–Crippen LogP) is 1.15. The molecule has 0 heterocycles. The van der Waals surface area contributed by atoms with Crippen molar-refractivity contribution in [1.29, 1.82) is 0 Å². The molecule has 3 aromatic carbocycles. The molecule has 0 saturated heterocycles. The van der Waals surface area contributed by atoms with E-state index in [0.717, 1.165) is 11.1 Å². The summed E-state index contributed by atoms with van der Waals surface area (Å²) < 4.78 is 22.2. The summed E-state index contributed by atoms with van der Waals surface area (Å²) >= 11 is 0. The molecule has 0 fully saturated rings. The maximum Gasteiger partial charge on any atom is 1.00 e. The molecule has 2 atom stereocenters. The third-order valence-corrected chi connectivity index (χ3v) is 5.00. The third kappa shape index (κ3) is 6.54. The zero-order valence-corrected chi connectivity index (χ0v) is 19.8. The smallest absolute Gasteiger partial charge is 0.736 e. The molecule has 6 nitrogen and oxygen atoms in total. The number of carbonyl (C=O) groups is 1. The van der Waals surface area contributed by atoms with Crippen LogP contribution in [0.15, 0.2) is 72.8 Å². The fourth-order valence-electron chi connectivity index (χ4n) is 2.89. The van der Waals surface area contributed by atoms with Crippen LogP contribution in [0, 0.1) is 13.8 Å². The van der Waals surface area contributed by atoms with Crippen LogP contribution in [0.4, 0.5) is 0 Å². The normalized spacial score (nSPS) is 13.5. The van der Waals surface area contributed by atoms with Crippen LogP contribution in [0.1, 0.15) is 33.2 Å². The van der Waals surface area contributed by atoms with E-state index >= 15 is 0 Å². The zero-order valence-electron chi connectivity index (χ0n) is 16.9. The Morgan fingerprint density at radius 1 is 0.900 bits per heavy atom. The van der Waals surface area contributed by atoms with Crippen molar-refractivity contribution in [2.24, 2.45) is 0 Å². The molecule has 0 bridgehead atoms. The van der Waals surface area contributed by atoms with Crippen molar-refractivity contribution in [1.82, 2.24) is 0 Å². The first-order valence-electron chi connectivity index (χ1n) is 8.89. The first-order valence-corrected chi connectivity index (χ1v) is 10.4. The predicted molar refractivity (Wildman–Crippen MR) is 107 cm³/mol. The number of aryl methyl sites for hydroxylation is 2. The summed E-state index contributed by atoms with van der Waals surface area (Å²) in [4.78, 5) is 24.6. The van der Waals surface area contributed by atoms with Crippen molar-refractivity contribution in [3.8, 4) is 11.5 Å². The second-order valence-electron chi connectivity index (χ2n) is 6.66. The number of aliphatic hydroxyl groups is 1. The van der Waals surface area contributed by atoms with E-state index in [0.29, 0.717) is 5.56 Å². The summed E-state index contributed by atoms with van der Waals surface area (Å²) in [5.74, 6) is -0.336. The number of ketones is 1. The molecule has 0 radical (unpaired) electrons. The number of phosphoric ester groups is 1. The van der Waals surface area contributed by atoms with Crippen molar-refractivity contribution < 1.29 is 58.0 Å². The number of hydrogen-bond donors (Lipinski definition) is 1. The Bertz CT molecular complexity index is 1030. The van der Waals surface area contributed by atoms with Crippen LogP contribution in [-0.2, 0) is 4.57 Å². The van der Waals surface area contributed by atoms with Crippen molar-refractivity contribution in [3.63, 3.8) is 0 Å². The largest absolute Gasteiger partial charge is 1.00 e. The van der Waals surface area contributed by atoms with Gasteiger partial charge in [-0.25, -0.2) is 4.57 Å². The second-order valence-corrected chi connectivity index (χ2v) is 7.91. The van der Waals surface area contributed by atoms with Crippen LogP contribution in [0.2, 0.25) is 0 Å². The van der Waals surface area contributed by atoms with Crippen LogP contribution < -0.4 is 43.5 Å². The molecule has 2 unspecified atom stereocenters. The number of hydrogen-bond acceptors (Lipinski definition) is 6. The molecule has 0 spiro atoms. The molecular formula is C22H20NaO6P. The first-order chi connectivity index (χ1) is 13.7. The number of Topliss-reactive ketones (excluding diaryl/α,β-unsaturated/α-hetero) is 1. The second kappa shape index (κ2) is 10.4. The minimum absolute atomic E-state index is 0. The van der Waals surface area contributed by atoms with Crippen molar-refractivity contribution in [2.45, 2.75) is 20.0 Å². The van der Waals surface area contributed by atoms with Crippen molar-refractivity contribution >= 4 is 13.6 Å². The van der Waals surface area contributed by atoms with E-state index in [4.69, 9.17) is 9.05 Å². The molecule has 3 rings (SSSR count). The summed E-state index contributed by atoms with van der Waals surface area (Å²) in [6.07, 6.45) is -1.30. The molecule has 0 amide bonds. The molecule has 30 heavy (non-hydrogen) atoms. The summed E-state index contributed by atoms with van der Waals surface area (Å²) in [6.45, 7) is 3.66. The Kier molecular flexibility index (Phi) is 8.44. The maximum absolute atomic E-state index is 12.4. The van der Waals surface area contributed by atoms with Gasteiger partial charge in [0, 0.05) is 5.56 Å². The zero-order chi connectivity index (χ0) is 21.0. The minimum Gasteiger partial charge on any atom is -0.736 e. The van der Waals surface area contributed by atoms with E-state index < -0.39 is 19.7 Å². The van der Waals surface area contributed by atoms with Crippen molar-refractivity contribution in [3.05, 3.63) is 95.1 Å². The summed E-state index contributed by atoms with van der Waals surface area (Å²) in [7, 11) is -4.67. The number of benzene rings is 3. The molecule has 8 heteroatoms. The van der Waals surface area contributed by atoms with E-state index in [1.807, 2.05) is 19.9 Å². The fourth-order valence-corrected chi connectivity index (χ4v) is 3.67. The van der Waals surface area contributed by atoms with Gasteiger partial charge in [-0.1, -0.05) is 36.4 Å². The van der Waals surface area contributed by atoms with Gasteiger partial charge in [0.1, 0.15) is 17.6 Å². The summed E-state index contributed by atoms with van der Waals surface area (Å²) in [5, 5.41) is 10.2. The van der Waals surface area contributed by atoms with Gasteiger partial charge in [0.25, 0.3) is 0 Å². The number of carbonyl (C=O) groups excluding carboxylic acids is 1. The van der Waals surface area contributed by atoms with E-state index in [1.54, 1.807) is 42.5 Å². The standard InChI is InChI=1S/C22H21O6P.Na/c1-15-12-16(2)14-20(13-15)28-29(25,26)27-19-10-8-18(9-11-19)22(24)21(23)17-6-4-3-5-7-17;/h3-14,21,23H,1-2H3,(H,25,26);/q;+1/p-1. The van der Waals surface area contributed by atoms with Crippen molar-refractivity contribution in [2.75, 3.05) is 0 Å². The number of aliphatic hydroxyl groups excluding tert-OH is 1. The van der Waals surface area contributed by atoms with Crippen LogP contribution in [-0.4, -0.2) is 10.9 Å². The van der Waals surface area contributed by atoms with Gasteiger partial charge in [-0.15, -0.1) is 0 Å². The number of rotatable bonds is 7. The van der Waals surface area contributed by atoms with E-state index in [1.165, 1.54) is 24.3 Å². The van der Waals surface area contributed by atoms with Gasteiger partial charge < -0.3 is 19.0 Å². The minimum atomic E-state index is -4.67. The van der Waals surface area contributed by atoms with Crippen LogP contribution in [0.3, 0.4) is 0 Å². The molecule has 0 aliphatic rings. The molecule has 150 valence electrons. The maximum atomic E-state index is 12.4. The van der Waals surface area contributed by atoms with Crippen LogP contribution in [0.25, 0.3) is 0 Å². The molecule has 1 N–H and O–H groups in total. The van der Waals surface area contributed by atoms with Crippen LogP contribution in [0.5, 0.6) is 11.5 Å². The molecular weight excluding hydrogens is 414 g/mol. The monoisotopic (exact) mass is 434 g/mol. The Labute approximate surface area is 197 Å². The van der Waals surface area contributed by atoms with Gasteiger partial charge >= 0.3 is 37.4 Å². The average Bonchev–Trinajstić information content (AvgIpc) is 2.66. The summed E-state index contributed by atoms with van der Waals surface area (Å²) in [5.41, 5.74) is 2.42. The van der Waals surface area contributed by atoms with Gasteiger partial charge in [-0.3, -0.25) is 4.79 Å². The van der Waals surface area contributed by atoms with E-state index in [-0.39, 0.29) is 46.6 Å². The SMILES string of the molecule is Cc1cc(C)cc(OP(=O)([O-])Oc2ccc(C(=O)C(O)c3ccccc3)cc2)c1.[Na+]. The van der Waals surface area contributed by atoms with Crippen LogP contribution >= 0.6 is 7.82 Å². The molecule has 0 aliphatic carbocycles. The topological polar surface area (TPSA) is 95.9 Å². The molecule has 0 aromatic heterocycles. The van der Waals surface area contributed by atoms with Gasteiger partial charge in [0.05, 0.1) is 0 Å². The fraction of sp³-hybridized carbons (Fsp3) is 0.136. The molecule has 0 saturated carbocycles.